The first-order chi connectivity index (χ1) is 10.7. The minimum Gasteiger partial charge on any atom is -0.398 e. The molecule has 4 N–H and O–H groups in total. The highest BCUT2D eigenvalue weighted by atomic mass is 79.9. The monoisotopic (exact) mass is 392 g/mol. The number of rotatable bonds is 4. The summed E-state index contributed by atoms with van der Waals surface area (Å²) in [7, 11) is 0. The molecule has 1 aromatic rings. The van der Waals surface area contributed by atoms with Crippen LogP contribution in [0.25, 0.3) is 0 Å². The number of piperidine rings is 1. The number of anilines is 2. The quantitative estimate of drug-likeness (QED) is 0.539. The van der Waals surface area contributed by atoms with Crippen molar-refractivity contribution in [2.45, 2.75) is 32.0 Å². The zero-order chi connectivity index (χ0) is 17.2. The summed E-state index contributed by atoms with van der Waals surface area (Å²) in [5, 5.41) is 10.9. The third-order valence-corrected chi connectivity index (χ3v) is 4.90. The number of nitrogens with one attached hydrogen (secondary N) is 2. The average Bonchev–Trinajstić information content (AvgIpc) is 2.45. The number of alkyl halides is 3. The molecule has 128 valence electrons. The molecule has 0 bridgehead atoms. The molecule has 1 fully saturated rings. The molecule has 4 nitrogen and oxygen atoms in total. The van der Waals surface area contributed by atoms with Gasteiger partial charge < -0.3 is 16.5 Å². The summed E-state index contributed by atoms with van der Waals surface area (Å²) in [4.78, 5) is 1.43. The normalized spacial score (nSPS) is 17.3. The molecule has 0 aromatic heterocycles. The Morgan fingerprint density at radius 3 is 2.57 bits per heavy atom. The maximum absolute atomic E-state index is 12.4. The summed E-state index contributed by atoms with van der Waals surface area (Å²) < 4.78 is 38.1. The van der Waals surface area contributed by atoms with Gasteiger partial charge in [0.1, 0.15) is 0 Å². The van der Waals surface area contributed by atoms with E-state index in [1.807, 2.05) is 6.92 Å². The number of nitrogen functional groups attached to an aromatic ring is 1. The van der Waals surface area contributed by atoms with E-state index in [4.69, 9.17) is 11.1 Å². The third-order valence-electron chi connectivity index (χ3n) is 4.08. The van der Waals surface area contributed by atoms with Crippen LogP contribution in [0.2, 0.25) is 0 Å². The number of halogens is 4. The molecule has 1 aliphatic rings. The van der Waals surface area contributed by atoms with Gasteiger partial charge in [-0.3, -0.25) is 4.90 Å². The molecule has 23 heavy (non-hydrogen) atoms. The van der Waals surface area contributed by atoms with E-state index in [0.29, 0.717) is 37.2 Å². The van der Waals surface area contributed by atoms with Gasteiger partial charge in [-0.15, -0.1) is 0 Å². The Balaban J connectivity index is 2.06. The lowest BCUT2D eigenvalue weighted by molar-refractivity contribution is -0.147. The Bertz CT molecular complexity index is 581. The molecule has 1 aromatic carbocycles. The summed E-state index contributed by atoms with van der Waals surface area (Å²) in [5.74, 6) is 0. The fourth-order valence-electron chi connectivity index (χ4n) is 2.82. The Morgan fingerprint density at radius 1 is 1.43 bits per heavy atom. The molecule has 1 heterocycles. The summed E-state index contributed by atoms with van der Waals surface area (Å²) in [6.45, 7) is 1.87. The van der Waals surface area contributed by atoms with Crippen LogP contribution >= 0.6 is 15.9 Å². The lowest BCUT2D eigenvalue weighted by Crippen LogP contribution is -2.43. The van der Waals surface area contributed by atoms with Crippen LogP contribution in [0.5, 0.6) is 0 Å². The van der Waals surface area contributed by atoms with E-state index in [1.54, 1.807) is 6.07 Å². The van der Waals surface area contributed by atoms with Crippen LogP contribution in [0.4, 0.5) is 24.5 Å². The highest BCUT2D eigenvalue weighted by Crippen LogP contribution is 2.33. The zero-order valence-corrected chi connectivity index (χ0v) is 14.4. The average molecular weight is 393 g/mol. The molecule has 0 unspecified atom stereocenters. The van der Waals surface area contributed by atoms with E-state index < -0.39 is 12.7 Å². The summed E-state index contributed by atoms with van der Waals surface area (Å²) in [5.41, 5.74) is 8.77. The van der Waals surface area contributed by atoms with Crippen LogP contribution in [-0.4, -0.2) is 43.0 Å². The Hall–Kier alpha value is -1.28. The molecule has 0 aliphatic carbocycles. The molecule has 0 amide bonds. The van der Waals surface area contributed by atoms with Crippen molar-refractivity contribution >= 4 is 33.5 Å². The predicted molar refractivity (Wildman–Crippen MR) is 90.3 cm³/mol. The summed E-state index contributed by atoms with van der Waals surface area (Å²) >= 11 is 3.44. The lowest BCUT2D eigenvalue weighted by atomic mass is 10.0. The topological polar surface area (TPSA) is 65.1 Å². The van der Waals surface area contributed by atoms with Gasteiger partial charge in [0.2, 0.25) is 0 Å². The molecule has 0 spiro atoms. The van der Waals surface area contributed by atoms with Crippen molar-refractivity contribution in [3.8, 4) is 0 Å². The van der Waals surface area contributed by atoms with Crippen molar-refractivity contribution in [2.75, 3.05) is 30.7 Å². The number of hydrogen-bond donors (Lipinski definition) is 3. The highest BCUT2D eigenvalue weighted by molar-refractivity contribution is 9.10. The van der Waals surface area contributed by atoms with Crippen LogP contribution in [0.3, 0.4) is 0 Å². The fourth-order valence-corrected chi connectivity index (χ4v) is 3.27. The summed E-state index contributed by atoms with van der Waals surface area (Å²) in [6, 6.07) is 1.83. The number of nitrogens with two attached hydrogens (primary N) is 1. The first-order valence-corrected chi connectivity index (χ1v) is 8.15. The van der Waals surface area contributed by atoms with Crippen molar-refractivity contribution in [2.24, 2.45) is 0 Å². The van der Waals surface area contributed by atoms with Gasteiger partial charge in [-0.1, -0.05) is 15.9 Å². The van der Waals surface area contributed by atoms with Crippen LogP contribution < -0.4 is 11.1 Å². The summed E-state index contributed by atoms with van der Waals surface area (Å²) in [6.07, 6.45) is -1.70. The van der Waals surface area contributed by atoms with E-state index in [1.165, 1.54) is 11.1 Å². The second-order valence-corrected chi connectivity index (χ2v) is 6.67. The smallest absolute Gasteiger partial charge is 0.398 e. The largest absolute Gasteiger partial charge is 0.401 e. The van der Waals surface area contributed by atoms with E-state index in [0.717, 1.165) is 15.7 Å². The zero-order valence-electron chi connectivity index (χ0n) is 12.8. The van der Waals surface area contributed by atoms with Gasteiger partial charge in [-0.05, 0) is 31.4 Å². The molecular weight excluding hydrogens is 373 g/mol. The number of likely N-dealkylation sites (tertiary alicyclic amines) is 1. The van der Waals surface area contributed by atoms with Gasteiger partial charge in [-0.25, -0.2) is 0 Å². The molecule has 0 radical (unpaired) electrons. The maximum Gasteiger partial charge on any atom is 0.401 e. The molecular formula is C15H20BrF3N4. The van der Waals surface area contributed by atoms with Crippen LogP contribution in [0.1, 0.15) is 24.0 Å². The Labute approximate surface area is 141 Å². The highest BCUT2D eigenvalue weighted by Gasteiger charge is 2.32. The molecule has 1 aliphatic heterocycles. The molecule has 0 saturated carbocycles. The third kappa shape index (κ3) is 4.60. The van der Waals surface area contributed by atoms with Crippen molar-refractivity contribution < 1.29 is 13.2 Å². The number of hydrogen-bond acceptors (Lipinski definition) is 4. The first-order valence-electron chi connectivity index (χ1n) is 7.36. The van der Waals surface area contributed by atoms with E-state index >= 15 is 0 Å². The molecule has 2 rings (SSSR count). The van der Waals surface area contributed by atoms with Gasteiger partial charge in [-0.2, -0.15) is 13.2 Å². The SMILES string of the molecule is Cc1c(Br)cc(N)c(C=N)c1NC1CCN(CC(F)(F)F)CC1. The van der Waals surface area contributed by atoms with Crippen molar-refractivity contribution in [1.29, 1.82) is 5.41 Å². The van der Waals surface area contributed by atoms with Gasteiger partial charge in [0.25, 0.3) is 0 Å². The molecule has 0 atom stereocenters. The van der Waals surface area contributed by atoms with Crippen molar-refractivity contribution in [1.82, 2.24) is 4.90 Å². The second kappa shape index (κ2) is 7.09. The predicted octanol–water partition coefficient (Wildman–Crippen LogP) is 3.78. The molecule has 1 saturated heterocycles. The fraction of sp³-hybridized carbons (Fsp3) is 0.533. The number of nitrogens with zero attached hydrogens (tertiary/aromatic N) is 1. The van der Waals surface area contributed by atoms with Crippen molar-refractivity contribution in [3.05, 3.63) is 21.7 Å². The van der Waals surface area contributed by atoms with Crippen LogP contribution in [0.15, 0.2) is 10.5 Å². The molecule has 8 heteroatoms. The van der Waals surface area contributed by atoms with Gasteiger partial charge >= 0.3 is 6.18 Å². The maximum atomic E-state index is 12.4. The number of benzene rings is 1. The van der Waals surface area contributed by atoms with E-state index in [-0.39, 0.29) is 6.04 Å². The van der Waals surface area contributed by atoms with E-state index in [2.05, 4.69) is 21.2 Å². The van der Waals surface area contributed by atoms with Crippen LogP contribution in [-0.2, 0) is 0 Å². The standard InChI is InChI=1S/C15H20BrF3N4/c1-9-12(16)6-13(21)11(7-20)14(9)22-10-2-4-23(5-3-10)8-15(17,18)19/h6-7,10,20,22H,2-5,8,21H2,1H3. The van der Waals surface area contributed by atoms with Gasteiger partial charge in [0.15, 0.2) is 0 Å². The van der Waals surface area contributed by atoms with E-state index in [9.17, 15) is 13.2 Å². The minimum absolute atomic E-state index is 0.0746. The Morgan fingerprint density at radius 2 is 2.04 bits per heavy atom. The minimum atomic E-state index is -4.15. The van der Waals surface area contributed by atoms with Crippen molar-refractivity contribution in [3.63, 3.8) is 0 Å². The first kappa shape index (κ1) is 18.1. The second-order valence-electron chi connectivity index (χ2n) is 5.82. The Kier molecular flexibility index (Phi) is 5.57. The van der Waals surface area contributed by atoms with Gasteiger partial charge in [0, 0.05) is 46.8 Å². The lowest BCUT2D eigenvalue weighted by Gasteiger charge is -2.34. The van der Waals surface area contributed by atoms with Gasteiger partial charge in [0.05, 0.1) is 6.54 Å². The van der Waals surface area contributed by atoms with Crippen LogP contribution in [0, 0.1) is 12.3 Å².